The van der Waals surface area contributed by atoms with Crippen LogP contribution >= 0.6 is 15.9 Å². The molecule has 0 bridgehead atoms. The van der Waals surface area contributed by atoms with Crippen molar-refractivity contribution in [3.8, 4) is 0 Å². The lowest BCUT2D eigenvalue weighted by atomic mass is 10.1. The number of nitrogens with zero attached hydrogens (tertiary/aromatic N) is 3. The smallest absolute Gasteiger partial charge is 0.331 e. The number of hydrogen-bond acceptors (Lipinski definition) is 3. The number of anilines is 1. The largest absolute Gasteiger partial charge is 0.478 e. The summed E-state index contributed by atoms with van der Waals surface area (Å²) >= 11 is 3.43. The second kappa shape index (κ2) is 6.79. The van der Waals surface area contributed by atoms with Crippen molar-refractivity contribution in [3.63, 3.8) is 0 Å². The summed E-state index contributed by atoms with van der Waals surface area (Å²) in [5, 5.41) is 13.2. The fraction of sp³-hybridized carbons (Fsp3) is 0.250. The first kappa shape index (κ1) is 16.3. The van der Waals surface area contributed by atoms with Gasteiger partial charge in [-0.25, -0.2) is 4.79 Å². The monoisotopic (exact) mass is 363 g/mol. The van der Waals surface area contributed by atoms with Crippen LogP contribution in [0, 0.1) is 0 Å². The molecule has 1 heterocycles. The van der Waals surface area contributed by atoms with Crippen LogP contribution in [0.25, 0.3) is 6.08 Å². The molecule has 1 N–H and O–H groups in total. The Kier molecular flexibility index (Phi) is 5.03. The van der Waals surface area contributed by atoms with Crippen molar-refractivity contribution in [2.75, 3.05) is 11.9 Å². The van der Waals surface area contributed by atoms with E-state index in [2.05, 4.69) is 25.9 Å². The van der Waals surface area contributed by atoms with Gasteiger partial charge in [0.2, 0.25) is 0 Å². The van der Waals surface area contributed by atoms with Crippen molar-refractivity contribution in [1.82, 2.24) is 9.78 Å². The Hall–Kier alpha value is -2.08. The molecule has 0 atom stereocenters. The van der Waals surface area contributed by atoms with Crippen LogP contribution in [0.3, 0.4) is 0 Å². The Morgan fingerprint density at radius 1 is 1.50 bits per heavy atom. The van der Waals surface area contributed by atoms with E-state index >= 15 is 0 Å². The summed E-state index contributed by atoms with van der Waals surface area (Å²) < 4.78 is 2.68. The van der Waals surface area contributed by atoms with Crippen molar-refractivity contribution in [2.24, 2.45) is 7.05 Å². The lowest BCUT2D eigenvalue weighted by molar-refractivity contribution is -0.132. The fourth-order valence-electron chi connectivity index (χ4n) is 2.20. The van der Waals surface area contributed by atoms with Gasteiger partial charge in [0, 0.05) is 48.1 Å². The van der Waals surface area contributed by atoms with Gasteiger partial charge in [-0.15, -0.1) is 0 Å². The van der Waals surface area contributed by atoms with E-state index in [1.165, 1.54) is 0 Å². The predicted octanol–water partition coefficient (Wildman–Crippen LogP) is 3.31. The fourth-order valence-corrected chi connectivity index (χ4v) is 2.57. The molecular weight excluding hydrogens is 346 g/mol. The average Bonchev–Trinajstić information content (AvgIpc) is 2.83. The van der Waals surface area contributed by atoms with Crippen molar-refractivity contribution >= 4 is 33.7 Å². The maximum absolute atomic E-state index is 11.1. The summed E-state index contributed by atoms with van der Waals surface area (Å²) in [4.78, 5) is 13.1. The lowest BCUT2D eigenvalue weighted by Crippen LogP contribution is -2.17. The third-order valence-corrected chi connectivity index (χ3v) is 3.78. The number of aryl methyl sites for hydroxylation is 1. The number of aromatic nitrogens is 2. The Labute approximate surface area is 138 Å². The molecule has 0 amide bonds. The molecule has 2 rings (SSSR count). The van der Waals surface area contributed by atoms with Crippen molar-refractivity contribution < 1.29 is 9.90 Å². The molecule has 0 aliphatic heterocycles. The zero-order chi connectivity index (χ0) is 16.3. The van der Waals surface area contributed by atoms with Crippen molar-refractivity contribution in [3.05, 3.63) is 51.8 Å². The first-order valence-corrected chi connectivity index (χ1v) is 7.56. The van der Waals surface area contributed by atoms with E-state index < -0.39 is 5.97 Å². The highest BCUT2D eigenvalue weighted by Gasteiger charge is 2.10. The minimum Gasteiger partial charge on any atom is -0.478 e. The summed E-state index contributed by atoms with van der Waals surface area (Å²) in [6.45, 7) is 2.29. The molecule has 6 heteroatoms. The molecule has 5 nitrogen and oxygen atoms in total. The average molecular weight is 364 g/mol. The lowest BCUT2D eigenvalue weighted by Gasteiger charge is -2.21. The van der Waals surface area contributed by atoms with E-state index in [1.807, 2.05) is 44.7 Å². The third-order valence-electron chi connectivity index (χ3n) is 3.29. The first-order chi connectivity index (χ1) is 10.4. The molecule has 0 fully saturated rings. The SMILES string of the molecule is C/C(=C\c1cc(Br)ccc1N(C)Cc1cnn(C)c1)C(=O)O. The topological polar surface area (TPSA) is 58.4 Å². The molecule has 0 unspecified atom stereocenters. The van der Waals surface area contributed by atoms with Crippen LogP contribution < -0.4 is 4.90 Å². The van der Waals surface area contributed by atoms with E-state index in [0.717, 1.165) is 21.3 Å². The van der Waals surface area contributed by atoms with Crippen LogP contribution in [0.2, 0.25) is 0 Å². The molecule has 1 aromatic carbocycles. The van der Waals surface area contributed by atoms with E-state index in [-0.39, 0.29) is 0 Å². The minimum absolute atomic E-state index is 0.300. The maximum Gasteiger partial charge on any atom is 0.331 e. The third kappa shape index (κ3) is 3.98. The summed E-state index contributed by atoms with van der Waals surface area (Å²) in [5.41, 5.74) is 3.22. The van der Waals surface area contributed by atoms with E-state index in [9.17, 15) is 4.79 Å². The van der Waals surface area contributed by atoms with Gasteiger partial charge in [0.15, 0.2) is 0 Å². The summed E-state index contributed by atoms with van der Waals surface area (Å²) in [7, 11) is 3.86. The summed E-state index contributed by atoms with van der Waals surface area (Å²) in [6.07, 6.45) is 5.48. The quantitative estimate of drug-likeness (QED) is 0.827. The number of rotatable bonds is 5. The minimum atomic E-state index is -0.916. The maximum atomic E-state index is 11.1. The van der Waals surface area contributed by atoms with Crippen LogP contribution in [0.4, 0.5) is 5.69 Å². The predicted molar refractivity (Wildman–Crippen MR) is 90.7 cm³/mol. The Balaban J connectivity index is 2.33. The second-order valence-corrected chi connectivity index (χ2v) is 6.13. The first-order valence-electron chi connectivity index (χ1n) is 6.76. The van der Waals surface area contributed by atoms with Crippen LogP contribution in [0.1, 0.15) is 18.1 Å². The normalized spacial score (nSPS) is 11.5. The highest BCUT2D eigenvalue weighted by molar-refractivity contribution is 9.10. The highest BCUT2D eigenvalue weighted by Crippen LogP contribution is 2.27. The Bertz CT molecular complexity index is 722. The second-order valence-electron chi connectivity index (χ2n) is 5.21. The number of carbonyl (C=O) groups is 1. The van der Waals surface area contributed by atoms with Gasteiger partial charge in [-0.2, -0.15) is 5.10 Å². The van der Waals surface area contributed by atoms with Gasteiger partial charge < -0.3 is 10.0 Å². The zero-order valence-corrected chi connectivity index (χ0v) is 14.3. The van der Waals surface area contributed by atoms with E-state index in [1.54, 1.807) is 17.7 Å². The van der Waals surface area contributed by atoms with Gasteiger partial charge in [0.25, 0.3) is 0 Å². The summed E-state index contributed by atoms with van der Waals surface area (Å²) in [6, 6.07) is 5.84. The van der Waals surface area contributed by atoms with Gasteiger partial charge in [-0.1, -0.05) is 15.9 Å². The van der Waals surface area contributed by atoms with Crippen LogP contribution in [0.5, 0.6) is 0 Å². The van der Waals surface area contributed by atoms with Crippen LogP contribution in [-0.2, 0) is 18.4 Å². The van der Waals surface area contributed by atoms with Crippen molar-refractivity contribution in [2.45, 2.75) is 13.5 Å². The van der Waals surface area contributed by atoms with E-state index in [4.69, 9.17) is 5.11 Å². The molecule has 22 heavy (non-hydrogen) atoms. The number of carboxylic acids is 1. The van der Waals surface area contributed by atoms with Gasteiger partial charge in [-0.3, -0.25) is 4.68 Å². The Morgan fingerprint density at radius 2 is 2.23 bits per heavy atom. The van der Waals surface area contributed by atoms with Crippen LogP contribution in [0.15, 0.2) is 40.6 Å². The number of aliphatic carboxylic acids is 1. The van der Waals surface area contributed by atoms with Crippen LogP contribution in [-0.4, -0.2) is 27.9 Å². The van der Waals surface area contributed by atoms with Gasteiger partial charge in [-0.05, 0) is 36.8 Å². The molecular formula is C16H18BrN3O2. The molecule has 0 saturated heterocycles. The highest BCUT2D eigenvalue weighted by atomic mass is 79.9. The molecule has 0 radical (unpaired) electrons. The number of hydrogen-bond donors (Lipinski definition) is 1. The molecule has 0 spiro atoms. The van der Waals surface area contributed by atoms with Gasteiger partial charge >= 0.3 is 5.97 Å². The number of benzene rings is 1. The Morgan fingerprint density at radius 3 is 2.82 bits per heavy atom. The molecule has 116 valence electrons. The summed E-state index contributed by atoms with van der Waals surface area (Å²) in [5.74, 6) is -0.916. The molecule has 1 aromatic heterocycles. The number of carboxylic acid groups (broad SMARTS) is 1. The molecule has 0 saturated carbocycles. The molecule has 0 aliphatic rings. The molecule has 2 aromatic rings. The molecule has 0 aliphatic carbocycles. The number of halogens is 1. The standard InChI is InChI=1S/C16H18BrN3O2/c1-11(16(21)22)6-13-7-14(17)4-5-15(13)19(2)9-12-8-18-20(3)10-12/h4-8,10H,9H2,1-3H3,(H,21,22)/b11-6+. The van der Waals surface area contributed by atoms with Gasteiger partial charge in [0.1, 0.15) is 0 Å². The van der Waals surface area contributed by atoms with Crippen molar-refractivity contribution in [1.29, 1.82) is 0 Å². The van der Waals surface area contributed by atoms with Gasteiger partial charge in [0.05, 0.1) is 6.20 Å². The zero-order valence-electron chi connectivity index (χ0n) is 12.7. The van der Waals surface area contributed by atoms with E-state index in [0.29, 0.717) is 12.1 Å².